The molecule has 0 spiro atoms. The van der Waals surface area contributed by atoms with Crippen LogP contribution in [0.2, 0.25) is 0 Å². The lowest BCUT2D eigenvalue weighted by Crippen LogP contribution is -2.29. The van der Waals surface area contributed by atoms with Crippen molar-refractivity contribution >= 4 is 28.8 Å². The molecule has 2 N–H and O–H groups in total. The molecule has 1 amide bonds. The van der Waals surface area contributed by atoms with Gasteiger partial charge in [-0.1, -0.05) is 6.07 Å². The van der Waals surface area contributed by atoms with E-state index in [1.165, 1.54) is 47.4 Å². The Morgan fingerprint density at radius 1 is 1.08 bits per heavy atom. The fraction of sp³-hybridized carbons (Fsp3) is 0.154. The predicted octanol–water partition coefficient (Wildman–Crippen LogP) is 4.05. The maximum atomic E-state index is 13.3. The Morgan fingerprint density at radius 3 is 2.51 bits per heavy atom. The van der Waals surface area contributed by atoms with Crippen LogP contribution in [0.5, 0.6) is 23.0 Å². The number of rotatable bonds is 6. The van der Waals surface area contributed by atoms with E-state index < -0.39 is 28.4 Å². The van der Waals surface area contributed by atoms with Crippen LogP contribution in [-0.4, -0.2) is 40.2 Å². The Balaban J connectivity index is 1.70. The number of phenols is 1. The van der Waals surface area contributed by atoms with E-state index in [4.69, 9.17) is 14.2 Å². The number of amides is 1. The number of ether oxygens (including phenoxy) is 3. The van der Waals surface area contributed by atoms with Crippen LogP contribution in [0.3, 0.4) is 0 Å². The number of hydrogen-bond donors (Lipinski definition) is 2. The molecule has 5 rings (SSSR count). The molecule has 3 aromatic carbocycles. The lowest BCUT2D eigenvalue weighted by Gasteiger charge is -2.26. The number of carbonyl (C=O) groups is 2. The summed E-state index contributed by atoms with van der Waals surface area (Å²) in [5, 5.41) is 32.4. The second-order valence-corrected chi connectivity index (χ2v) is 8.17. The number of nitro groups is 1. The largest absolute Gasteiger partial charge is 0.507 e. The van der Waals surface area contributed by atoms with Gasteiger partial charge in [-0.3, -0.25) is 24.6 Å². The number of fused-ring (bicyclic) bond motifs is 1. The average molecular weight is 504 g/mol. The molecule has 0 aromatic heterocycles. The summed E-state index contributed by atoms with van der Waals surface area (Å²) in [4.78, 5) is 38.3. The molecule has 3 aromatic rings. The Hall–Kier alpha value is -5.06. The van der Waals surface area contributed by atoms with Gasteiger partial charge >= 0.3 is 0 Å². The molecule has 0 aliphatic carbocycles. The molecule has 2 aliphatic rings. The molecule has 11 heteroatoms. The quantitative estimate of drug-likeness (QED) is 0.167. The minimum Gasteiger partial charge on any atom is -0.507 e. The van der Waals surface area contributed by atoms with E-state index in [0.29, 0.717) is 22.7 Å². The Kier molecular flexibility index (Phi) is 5.88. The molecule has 2 aliphatic heterocycles. The number of nitro benzene ring substituents is 1. The number of carbonyl (C=O) groups excluding carboxylic acids is 2. The van der Waals surface area contributed by atoms with Gasteiger partial charge in [-0.05, 0) is 48.9 Å². The van der Waals surface area contributed by atoms with Crippen molar-refractivity contribution in [2.45, 2.75) is 13.0 Å². The smallest absolute Gasteiger partial charge is 0.300 e. The fourth-order valence-electron chi connectivity index (χ4n) is 4.32. The van der Waals surface area contributed by atoms with Crippen LogP contribution < -0.4 is 19.1 Å². The first-order valence-electron chi connectivity index (χ1n) is 11.2. The summed E-state index contributed by atoms with van der Waals surface area (Å²) in [5.74, 6) is -1.51. The number of hydrogen-bond acceptors (Lipinski definition) is 9. The van der Waals surface area contributed by atoms with Gasteiger partial charge in [0.2, 0.25) is 6.79 Å². The van der Waals surface area contributed by atoms with Gasteiger partial charge in [0.05, 0.1) is 23.1 Å². The van der Waals surface area contributed by atoms with Crippen LogP contribution in [0, 0.1) is 10.1 Å². The number of anilines is 1. The van der Waals surface area contributed by atoms with Gasteiger partial charge in [-0.2, -0.15) is 0 Å². The van der Waals surface area contributed by atoms with Gasteiger partial charge < -0.3 is 24.4 Å². The van der Waals surface area contributed by atoms with Crippen LogP contribution in [0.15, 0.2) is 66.2 Å². The van der Waals surface area contributed by atoms with Gasteiger partial charge in [0.1, 0.15) is 5.76 Å². The zero-order valence-corrected chi connectivity index (χ0v) is 19.4. The van der Waals surface area contributed by atoms with Crippen molar-refractivity contribution in [3.05, 3.63) is 87.5 Å². The van der Waals surface area contributed by atoms with Gasteiger partial charge in [0, 0.05) is 29.4 Å². The minimum atomic E-state index is -1.12. The van der Waals surface area contributed by atoms with E-state index in [0.717, 1.165) is 0 Å². The lowest BCUT2D eigenvalue weighted by molar-refractivity contribution is -0.384. The zero-order chi connectivity index (χ0) is 26.3. The van der Waals surface area contributed by atoms with Crippen LogP contribution in [0.25, 0.3) is 5.76 Å². The van der Waals surface area contributed by atoms with Crippen molar-refractivity contribution in [2.24, 2.45) is 0 Å². The second-order valence-electron chi connectivity index (χ2n) is 8.17. The molecule has 0 saturated carbocycles. The van der Waals surface area contributed by atoms with Gasteiger partial charge in [-0.15, -0.1) is 0 Å². The summed E-state index contributed by atoms with van der Waals surface area (Å²) in [6, 6.07) is 12.9. The molecule has 0 bridgehead atoms. The fourth-order valence-corrected chi connectivity index (χ4v) is 4.32. The van der Waals surface area contributed by atoms with Gasteiger partial charge in [0.25, 0.3) is 17.4 Å². The third-order valence-corrected chi connectivity index (χ3v) is 6.03. The molecule has 1 unspecified atom stereocenters. The summed E-state index contributed by atoms with van der Waals surface area (Å²) >= 11 is 0. The van der Waals surface area contributed by atoms with Crippen molar-refractivity contribution < 1.29 is 38.9 Å². The molecule has 0 radical (unpaired) electrons. The summed E-state index contributed by atoms with van der Waals surface area (Å²) < 4.78 is 16.3. The van der Waals surface area contributed by atoms with Gasteiger partial charge in [-0.25, -0.2) is 0 Å². The lowest BCUT2D eigenvalue weighted by atomic mass is 9.94. The number of Topliss-reactive ketones (excluding diaryl/α,β-unsaturated/α-hetero) is 1. The highest BCUT2D eigenvalue weighted by Crippen LogP contribution is 2.46. The van der Waals surface area contributed by atoms with Gasteiger partial charge in [0.15, 0.2) is 23.0 Å². The first-order valence-corrected chi connectivity index (χ1v) is 11.2. The molecular weight excluding hydrogens is 484 g/mol. The molecule has 1 atom stereocenters. The molecule has 188 valence electrons. The average Bonchev–Trinajstić information content (AvgIpc) is 3.47. The summed E-state index contributed by atoms with van der Waals surface area (Å²) in [5.41, 5.74) is 0.369. The maximum absolute atomic E-state index is 13.3. The standard InChI is InChI=1S/C26H20N2O9/c1-2-35-20-11-15(5-9-18(20)29)23-22(24(30)14-3-6-16(7-4-14)28(33)34)25(31)26(32)27(23)17-8-10-19-21(12-17)37-13-36-19/h3-12,23,29-30H,2,13H2,1H3/b24-22+. The summed E-state index contributed by atoms with van der Waals surface area (Å²) in [7, 11) is 0. The highest BCUT2D eigenvalue weighted by atomic mass is 16.7. The number of phenolic OH excluding ortho intramolecular Hbond substituents is 1. The normalized spacial score (nSPS) is 17.8. The van der Waals surface area contributed by atoms with Crippen molar-refractivity contribution in [1.29, 1.82) is 0 Å². The van der Waals surface area contributed by atoms with E-state index in [-0.39, 0.29) is 41.7 Å². The molecule has 37 heavy (non-hydrogen) atoms. The highest BCUT2D eigenvalue weighted by molar-refractivity contribution is 6.51. The third kappa shape index (κ3) is 4.05. The third-order valence-electron chi connectivity index (χ3n) is 6.03. The van der Waals surface area contributed by atoms with E-state index in [1.807, 2.05) is 0 Å². The number of aromatic hydroxyl groups is 1. The first kappa shape index (κ1) is 23.7. The SMILES string of the molecule is CCOc1cc(C2/C(=C(\O)c3ccc([N+](=O)[O-])cc3)C(=O)C(=O)N2c2ccc3c(c2)OCO3)ccc1O. The number of nitrogens with zero attached hydrogens (tertiary/aromatic N) is 2. The van der Waals surface area contributed by atoms with Crippen LogP contribution >= 0.6 is 0 Å². The maximum Gasteiger partial charge on any atom is 0.300 e. The number of aliphatic hydroxyl groups excluding tert-OH is 1. The topological polar surface area (TPSA) is 149 Å². The Morgan fingerprint density at radius 2 is 1.81 bits per heavy atom. The Labute approximate surface area is 209 Å². The second kappa shape index (κ2) is 9.19. The number of non-ortho nitro benzene ring substituents is 1. The number of benzene rings is 3. The van der Waals surface area contributed by atoms with E-state index >= 15 is 0 Å². The van der Waals surface area contributed by atoms with Crippen molar-refractivity contribution in [1.82, 2.24) is 0 Å². The van der Waals surface area contributed by atoms with Crippen LogP contribution in [-0.2, 0) is 9.59 Å². The summed E-state index contributed by atoms with van der Waals surface area (Å²) in [6.45, 7) is 2.00. The first-order chi connectivity index (χ1) is 17.8. The zero-order valence-electron chi connectivity index (χ0n) is 19.4. The van der Waals surface area contributed by atoms with Crippen molar-refractivity contribution in [3.63, 3.8) is 0 Å². The highest BCUT2D eigenvalue weighted by Gasteiger charge is 2.47. The summed E-state index contributed by atoms with van der Waals surface area (Å²) in [6.07, 6.45) is 0. The molecule has 2 heterocycles. The number of aliphatic hydroxyl groups is 1. The molecule has 11 nitrogen and oxygen atoms in total. The number of ketones is 1. The minimum absolute atomic E-state index is 0.0108. The predicted molar refractivity (Wildman–Crippen MR) is 130 cm³/mol. The van der Waals surface area contributed by atoms with E-state index in [1.54, 1.807) is 25.1 Å². The molecule has 1 saturated heterocycles. The van der Waals surface area contributed by atoms with E-state index in [2.05, 4.69) is 0 Å². The molecular formula is C26H20N2O9. The monoisotopic (exact) mass is 504 g/mol. The van der Waals surface area contributed by atoms with Crippen LogP contribution in [0.4, 0.5) is 11.4 Å². The van der Waals surface area contributed by atoms with E-state index in [9.17, 15) is 29.9 Å². The Bertz CT molecular complexity index is 1460. The molecule has 1 fully saturated rings. The van der Waals surface area contributed by atoms with Crippen molar-refractivity contribution in [2.75, 3.05) is 18.3 Å². The van der Waals surface area contributed by atoms with Crippen LogP contribution in [0.1, 0.15) is 24.1 Å². The van der Waals surface area contributed by atoms with Crippen molar-refractivity contribution in [3.8, 4) is 23.0 Å².